The molecule has 2 atom stereocenters. The minimum absolute atomic E-state index is 0.0583. The Morgan fingerprint density at radius 2 is 2.13 bits per heavy atom. The molecule has 0 radical (unpaired) electrons. The maximum Gasteiger partial charge on any atom is 0.410 e. The lowest BCUT2D eigenvalue weighted by molar-refractivity contribution is -0.0106. The molecule has 1 aliphatic heterocycles. The van der Waals surface area contributed by atoms with E-state index in [9.17, 15) is 18.8 Å². The van der Waals surface area contributed by atoms with Gasteiger partial charge < -0.3 is 14.4 Å². The minimum atomic E-state index is -1.47. The first-order valence-corrected chi connectivity index (χ1v) is 9.96. The van der Waals surface area contributed by atoms with Gasteiger partial charge in [0.25, 0.3) is 0 Å². The summed E-state index contributed by atoms with van der Waals surface area (Å²) in [5.74, 6) is -0.537. The van der Waals surface area contributed by atoms with Gasteiger partial charge in [-0.3, -0.25) is 0 Å². The number of carbonyl (C=O) groups is 1. The Hall–Kier alpha value is -2.99. The summed E-state index contributed by atoms with van der Waals surface area (Å²) in [7, 11) is 0. The number of halogens is 3. The van der Waals surface area contributed by atoms with E-state index in [0.717, 1.165) is 6.20 Å². The Labute approximate surface area is 183 Å². The summed E-state index contributed by atoms with van der Waals surface area (Å²) in [5.41, 5.74) is -0.333. The Bertz CT molecular complexity index is 1020. The Morgan fingerprint density at radius 1 is 1.39 bits per heavy atom. The second kappa shape index (κ2) is 9.02. The van der Waals surface area contributed by atoms with Gasteiger partial charge in [-0.1, -0.05) is 0 Å². The Morgan fingerprint density at radius 3 is 2.77 bits per heavy atom. The molecule has 2 unspecified atom stereocenters. The number of nitrogens with zero attached hydrogens (tertiary/aromatic N) is 4. The molecule has 0 aliphatic carbocycles. The molecule has 0 spiro atoms. The molecule has 10 heteroatoms. The van der Waals surface area contributed by atoms with Crippen LogP contribution < -0.4 is 4.74 Å². The summed E-state index contributed by atoms with van der Waals surface area (Å²) in [6.07, 6.45) is -1.73. The van der Waals surface area contributed by atoms with E-state index in [2.05, 4.69) is 9.97 Å². The number of alkyl halides is 1. The number of piperidine rings is 1. The summed E-state index contributed by atoms with van der Waals surface area (Å²) < 4.78 is 39.8. The van der Waals surface area contributed by atoms with E-state index < -0.39 is 29.8 Å². The first kappa shape index (κ1) is 22.7. The van der Waals surface area contributed by atoms with Gasteiger partial charge in [-0.05, 0) is 50.6 Å². The lowest BCUT2D eigenvalue weighted by atomic mass is 10.0. The second-order valence-corrected chi connectivity index (χ2v) is 8.38. The SMILES string of the molecule is CC(C)(C)OC(=O)N1CCC(Oc2ccc(-c3nc(Cl)ncc3F)cc2C#N)C(F)C1. The standard InChI is InChI=1S/C21H21ClF2N4O3/c1-21(2,3)31-20(29)28-7-6-17(15(24)11-28)30-16-5-4-12(8-13(16)9-25)18-14(23)10-26-19(22)27-18/h4-5,8,10,15,17H,6-7,11H2,1-3H3. The van der Waals surface area contributed by atoms with Gasteiger partial charge in [0.2, 0.25) is 5.28 Å². The monoisotopic (exact) mass is 450 g/mol. The average molecular weight is 451 g/mol. The highest BCUT2D eigenvalue weighted by atomic mass is 35.5. The average Bonchev–Trinajstić information content (AvgIpc) is 2.70. The third-order valence-corrected chi connectivity index (χ3v) is 4.68. The maximum atomic E-state index is 14.7. The van der Waals surface area contributed by atoms with Crippen LogP contribution in [0.5, 0.6) is 5.75 Å². The number of nitriles is 1. The smallest absolute Gasteiger partial charge is 0.410 e. The number of ether oxygens (including phenoxy) is 2. The van der Waals surface area contributed by atoms with Crippen LogP contribution >= 0.6 is 11.6 Å². The number of hydrogen-bond donors (Lipinski definition) is 0. The fraction of sp³-hybridized carbons (Fsp3) is 0.429. The molecular formula is C21H21ClF2N4O3. The number of likely N-dealkylation sites (tertiary alicyclic amines) is 1. The van der Waals surface area contributed by atoms with Gasteiger partial charge in [0.05, 0.1) is 18.3 Å². The van der Waals surface area contributed by atoms with Crippen molar-refractivity contribution in [3.63, 3.8) is 0 Å². The van der Waals surface area contributed by atoms with Gasteiger partial charge in [-0.2, -0.15) is 5.26 Å². The maximum absolute atomic E-state index is 14.7. The van der Waals surface area contributed by atoms with Gasteiger partial charge >= 0.3 is 6.09 Å². The number of amides is 1. The zero-order valence-corrected chi connectivity index (χ0v) is 18.0. The number of hydrogen-bond acceptors (Lipinski definition) is 6. The number of aromatic nitrogens is 2. The van der Waals surface area contributed by atoms with Crippen molar-refractivity contribution in [3.8, 4) is 23.1 Å². The van der Waals surface area contributed by atoms with Gasteiger partial charge in [0.1, 0.15) is 29.2 Å². The molecule has 0 bridgehead atoms. The third kappa shape index (κ3) is 5.58. The van der Waals surface area contributed by atoms with Crippen LogP contribution in [0.15, 0.2) is 24.4 Å². The van der Waals surface area contributed by atoms with Crippen LogP contribution in [0.4, 0.5) is 13.6 Å². The molecule has 164 valence electrons. The van der Waals surface area contributed by atoms with Crippen molar-refractivity contribution in [2.24, 2.45) is 0 Å². The molecule has 0 N–H and O–H groups in total. The molecule has 1 aromatic carbocycles. The van der Waals surface area contributed by atoms with Crippen molar-refractivity contribution in [1.82, 2.24) is 14.9 Å². The first-order valence-electron chi connectivity index (χ1n) is 9.58. The van der Waals surface area contributed by atoms with Gasteiger partial charge in [-0.25, -0.2) is 23.5 Å². The van der Waals surface area contributed by atoms with Crippen LogP contribution in [0.25, 0.3) is 11.3 Å². The van der Waals surface area contributed by atoms with Crippen LogP contribution in [0, 0.1) is 17.1 Å². The lowest BCUT2D eigenvalue weighted by Gasteiger charge is -2.35. The highest BCUT2D eigenvalue weighted by Crippen LogP contribution is 2.30. The van der Waals surface area contributed by atoms with Crippen molar-refractivity contribution in [2.45, 2.75) is 45.1 Å². The van der Waals surface area contributed by atoms with Crippen molar-refractivity contribution < 1.29 is 23.0 Å². The molecule has 7 nitrogen and oxygen atoms in total. The summed E-state index contributed by atoms with van der Waals surface area (Å²) in [6.45, 7) is 5.29. The second-order valence-electron chi connectivity index (χ2n) is 8.05. The normalized spacial score (nSPS) is 18.9. The van der Waals surface area contributed by atoms with E-state index in [-0.39, 0.29) is 41.8 Å². The predicted octanol–water partition coefficient (Wildman–Crippen LogP) is 4.53. The van der Waals surface area contributed by atoms with Crippen molar-refractivity contribution in [1.29, 1.82) is 5.26 Å². The van der Waals surface area contributed by atoms with Crippen LogP contribution in [-0.4, -0.2) is 51.9 Å². The van der Waals surface area contributed by atoms with Crippen molar-refractivity contribution in [3.05, 3.63) is 41.1 Å². The zero-order valence-electron chi connectivity index (χ0n) is 17.2. The fourth-order valence-electron chi connectivity index (χ4n) is 3.09. The quantitative estimate of drug-likeness (QED) is 0.638. The summed E-state index contributed by atoms with van der Waals surface area (Å²) >= 11 is 5.73. The molecule has 2 aromatic rings. The molecule has 1 fully saturated rings. The molecule has 1 aliphatic rings. The largest absolute Gasteiger partial charge is 0.486 e. The topological polar surface area (TPSA) is 88.3 Å². The van der Waals surface area contributed by atoms with Gasteiger partial charge in [-0.15, -0.1) is 0 Å². The molecule has 2 heterocycles. The summed E-state index contributed by atoms with van der Waals surface area (Å²) in [6, 6.07) is 6.31. The fourth-order valence-corrected chi connectivity index (χ4v) is 3.22. The minimum Gasteiger partial charge on any atom is -0.486 e. The van der Waals surface area contributed by atoms with E-state index in [1.807, 2.05) is 6.07 Å². The molecule has 0 saturated carbocycles. The molecular weight excluding hydrogens is 430 g/mol. The lowest BCUT2D eigenvalue weighted by Crippen LogP contribution is -2.50. The highest BCUT2D eigenvalue weighted by Gasteiger charge is 2.35. The van der Waals surface area contributed by atoms with Gasteiger partial charge in [0, 0.05) is 18.5 Å². The Kier molecular flexibility index (Phi) is 6.60. The van der Waals surface area contributed by atoms with E-state index in [0.29, 0.717) is 5.56 Å². The molecule has 3 rings (SSSR count). The first-order chi connectivity index (χ1) is 14.6. The van der Waals surface area contributed by atoms with Crippen LogP contribution in [-0.2, 0) is 4.74 Å². The van der Waals surface area contributed by atoms with Crippen molar-refractivity contribution >= 4 is 17.7 Å². The van der Waals surface area contributed by atoms with Crippen LogP contribution in [0.2, 0.25) is 5.28 Å². The predicted molar refractivity (Wildman–Crippen MR) is 109 cm³/mol. The van der Waals surface area contributed by atoms with Crippen molar-refractivity contribution in [2.75, 3.05) is 13.1 Å². The molecule has 1 amide bonds. The van der Waals surface area contributed by atoms with E-state index in [1.165, 1.54) is 23.1 Å². The summed E-state index contributed by atoms with van der Waals surface area (Å²) in [5, 5.41) is 9.35. The van der Waals surface area contributed by atoms with Crippen LogP contribution in [0.3, 0.4) is 0 Å². The number of carbonyl (C=O) groups excluding carboxylic acids is 1. The van der Waals surface area contributed by atoms with E-state index >= 15 is 0 Å². The Balaban J connectivity index is 1.73. The molecule has 31 heavy (non-hydrogen) atoms. The van der Waals surface area contributed by atoms with Crippen LogP contribution in [0.1, 0.15) is 32.8 Å². The van der Waals surface area contributed by atoms with E-state index in [4.69, 9.17) is 21.1 Å². The summed E-state index contributed by atoms with van der Waals surface area (Å²) in [4.78, 5) is 20.9. The molecule has 1 aromatic heterocycles. The van der Waals surface area contributed by atoms with E-state index in [1.54, 1.807) is 20.8 Å². The number of benzene rings is 1. The third-order valence-electron chi connectivity index (χ3n) is 4.50. The number of rotatable bonds is 3. The zero-order chi connectivity index (χ0) is 22.8. The highest BCUT2D eigenvalue weighted by molar-refractivity contribution is 6.28. The van der Waals surface area contributed by atoms with Gasteiger partial charge in [0.15, 0.2) is 12.0 Å². The molecule has 1 saturated heterocycles.